The second-order valence-electron chi connectivity index (χ2n) is 8.55. The average Bonchev–Trinajstić information content (AvgIpc) is 3.34. The molecule has 0 bridgehead atoms. The number of ether oxygens (including phenoxy) is 1. The molecule has 0 saturated carbocycles. The van der Waals surface area contributed by atoms with Crippen LogP contribution in [0, 0.1) is 9.49 Å². The first-order valence-corrected chi connectivity index (χ1v) is 13.5. The van der Waals surface area contributed by atoms with Crippen molar-refractivity contribution in [3.8, 4) is 5.75 Å². The van der Waals surface area contributed by atoms with Crippen LogP contribution in [0.25, 0.3) is 0 Å². The van der Waals surface area contributed by atoms with Gasteiger partial charge in [-0.1, -0.05) is 11.6 Å². The maximum absolute atomic E-state index is 13.3. The number of hydrogen-bond acceptors (Lipinski definition) is 5. The molecule has 0 aromatic heterocycles. The topological polar surface area (TPSA) is 66.9 Å². The van der Waals surface area contributed by atoms with Gasteiger partial charge < -0.3 is 14.4 Å². The van der Waals surface area contributed by atoms with Crippen molar-refractivity contribution in [2.75, 3.05) is 31.1 Å². The van der Waals surface area contributed by atoms with Crippen LogP contribution in [0.4, 0.5) is 5.69 Å². The zero-order chi connectivity index (χ0) is 23.0. The number of benzene rings is 2. The Bertz CT molecular complexity index is 1110. The molecular formula is C23H26ClIN2O4S. The van der Waals surface area contributed by atoms with Gasteiger partial charge in [-0.15, -0.1) is 0 Å². The molecule has 1 fully saturated rings. The normalized spacial score (nSPS) is 21.2. The van der Waals surface area contributed by atoms with E-state index in [1.165, 1.54) is 0 Å². The summed E-state index contributed by atoms with van der Waals surface area (Å²) in [5.41, 5.74) is 2.02. The van der Waals surface area contributed by atoms with E-state index >= 15 is 0 Å². The molecule has 172 valence electrons. The lowest BCUT2D eigenvalue weighted by atomic mass is 9.87. The van der Waals surface area contributed by atoms with Gasteiger partial charge >= 0.3 is 0 Å². The van der Waals surface area contributed by atoms with Crippen molar-refractivity contribution in [2.45, 2.75) is 37.2 Å². The lowest BCUT2D eigenvalue weighted by Gasteiger charge is -2.21. The van der Waals surface area contributed by atoms with Gasteiger partial charge in [0.25, 0.3) is 0 Å². The van der Waals surface area contributed by atoms with E-state index in [9.17, 15) is 13.2 Å². The SMILES string of the molecule is CC(C)Oc1ccc(S(=O)(=O)N2CCC(C3CN(CC=O)c4c(Cl)cc(I)cc43)C2)cc1. The largest absolute Gasteiger partial charge is 0.491 e. The van der Waals surface area contributed by atoms with E-state index in [1.54, 1.807) is 28.6 Å². The molecule has 2 aliphatic rings. The average molecular weight is 589 g/mol. The summed E-state index contributed by atoms with van der Waals surface area (Å²) < 4.78 is 34.7. The summed E-state index contributed by atoms with van der Waals surface area (Å²) in [5.74, 6) is 0.958. The third kappa shape index (κ3) is 4.64. The van der Waals surface area contributed by atoms with Crippen molar-refractivity contribution in [1.82, 2.24) is 4.31 Å². The molecule has 6 nitrogen and oxygen atoms in total. The molecule has 2 heterocycles. The molecule has 0 spiro atoms. The predicted octanol–water partition coefficient (Wildman–Crippen LogP) is 4.55. The Kier molecular flexibility index (Phi) is 7.05. The van der Waals surface area contributed by atoms with Crippen molar-refractivity contribution in [3.63, 3.8) is 0 Å². The van der Waals surface area contributed by atoms with E-state index in [-0.39, 0.29) is 29.4 Å². The van der Waals surface area contributed by atoms with Crippen molar-refractivity contribution < 1.29 is 17.9 Å². The zero-order valence-corrected chi connectivity index (χ0v) is 21.7. The molecular weight excluding hydrogens is 563 g/mol. The van der Waals surface area contributed by atoms with Crippen LogP contribution in [0.15, 0.2) is 41.3 Å². The van der Waals surface area contributed by atoms with Crippen molar-refractivity contribution in [1.29, 1.82) is 0 Å². The molecule has 32 heavy (non-hydrogen) atoms. The molecule has 0 amide bonds. The Morgan fingerprint density at radius 2 is 1.94 bits per heavy atom. The van der Waals surface area contributed by atoms with Crippen molar-refractivity contribution in [3.05, 3.63) is 50.6 Å². The van der Waals surface area contributed by atoms with Gasteiger partial charge in [-0.3, -0.25) is 0 Å². The summed E-state index contributed by atoms with van der Waals surface area (Å²) in [4.78, 5) is 13.5. The van der Waals surface area contributed by atoms with Crippen LogP contribution < -0.4 is 9.64 Å². The van der Waals surface area contributed by atoms with E-state index in [0.717, 1.165) is 27.5 Å². The maximum Gasteiger partial charge on any atom is 0.243 e. The number of nitrogens with zero attached hydrogens (tertiary/aromatic N) is 2. The molecule has 0 N–H and O–H groups in total. The Labute approximate surface area is 208 Å². The van der Waals surface area contributed by atoms with Crippen LogP contribution in [0.3, 0.4) is 0 Å². The number of carbonyl (C=O) groups excluding carboxylic acids is 1. The van der Waals surface area contributed by atoms with E-state index in [2.05, 4.69) is 28.7 Å². The number of hydrogen-bond donors (Lipinski definition) is 0. The smallest absolute Gasteiger partial charge is 0.243 e. The Balaban J connectivity index is 1.54. The molecule has 2 aromatic rings. The third-order valence-corrected chi connectivity index (χ3v) is 8.87. The standard InChI is InChI=1S/C23H26ClIN2O4S/c1-15(2)31-18-3-5-19(6-4-18)32(29,30)27-8-7-16(13-27)21-14-26(9-10-28)23-20(21)11-17(25)12-22(23)24/h3-6,10-12,15-16,21H,7-9,13-14H2,1-2H3. The summed E-state index contributed by atoms with van der Waals surface area (Å²) in [6.45, 7) is 5.75. The number of fused-ring (bicyclic) bond motifs is 1. The molecule has 9 heteroatoms. The van der Waals surface area contributed by atoms with Gasteiger partial charge in [0.05, 0.1) is 28.3 Å². The monoisotopic (exact) mass is 588 g/mol. The van der Waals surface area contributed by atoms with Gasteiger partial charge in [-0.05, 0) is 90.7 Å². The fourth-order valence-corrected chi connectivity index (χ4v) is 7.39. The first-order chi connectivity index (χ1) is 15.2. The molecule has 0 radical (unpaired) electrons. The number of aldehydes is 1. The Hall–Kier alpha value is -1.36. The minimum atomic E-state index is -3.58. The number of carbonyl (C=O) groups is 1. The van der Waals surface area contributed by atoms with Gasteiger partial charge in [0, 0.05) is 29.1 Å². The lowest BCUT2D eigenvalue weighted by molar-refractivity contribution is -0.106. The van der Waals surface area contributed by atoms with Gasteiger partial charge in [-0.2, -0.15) is 4.31 Å². The summed E-state index contributed by atoms with van der Waals surface area (Å²) in [7, 11) is -3.58. The molecule has 2 atom stereocenters. The summed E-state index contributed by atoms with van der Waals surface area (Å²) in [6.07, 6.45) is 1.69. The first kappa shape index (κ1) is 23.8. The van der Waals surface area contributed by atoms with Crippen LogP contribution in [-0.2, 0) is 14.8 Å². The van der Waals surface area contributed by atoms with E-state index in [0.29, 0.717) is 30.4 Å². The third-order valence-electron chi connectivity index (χ3n) is 6.08. The summed E-state index contributed by atoms with van der Waals surface area (Å²) in [6, 6.07) is 10.6. The van der Waals surface area contributed by atoms with Gasteiger partial charge in [0.2, 0.25) is 10.0 Å². The molecule has 2 aliphatic heterocycles. The molecule has 4 rings (SSSR count). The number of rotatable bonds is 7. The van der Waals surface area contributed by atoms with Crippen LogP contribution in [0.5, 0.6) is 5.75 Å². The highest BCUT2D eigenvalue weighted by Gasteiger charge is 2.41. The highest BCUT2D eigenvalue weighted by molar-refractivity contribution is 14.1. The summed E-state index contributed by atoms with van der Waals surface area (Å²) >= 11 is 8.77. The maximum atomic E-state index is 13.3. The zero-order valence-electron chi connectivity index (χ0n) is 18.0. The van der Waals surface area contributed by atoms with Gasteiger partial charge in [0.1, 0.15) is 12.0 Å². The lowest BCUT2D eigenvalue weighted by Crippen LogP contribution is -2.31. The van der Waals surface area contributed by atoms with Crippen LogP contribution in [-0.4, -0.2) is 51.3 Å². The van der Waals surface area contributed by atoms with E-state index in [1.807, 2.05) is 24.8 Å². The first-order valence-electron chi connectivity index (χ1n) is 10.6. The van der Waals surface area contributed by atoms with Gasteiger partial charge in [-0.25, -0.2) is 8.42 Å². The quantitative estimate of drug-likeness (QED) is 0.351. The van der Waals surface area contributed by atoms with Crippen LogP contribution in [0.1, 0.15) is 31.7 Å². The number of halogens is 2. The van der Waals surface area contributed by atoms with Crippen molar-refractivity contribution in [2.24, 2.45) is 5.92 Å². The second kappa shape index (κ2) is 9.48. The fraction of sp³-hybridized carbons (Fsp3) is 0.435. The Morgan fingerprint density at radius 3 is 2.59 bits per heavy atom. The predicted molar refractivity (Wildman–Crippen MR) is 134 cm³/mol. The number of anilines is 1. The highest BCUT2D eigenvalue weighted by atomic mass is 127. The van der Waals surface area contributed by atoms with E-state index < -0.39 is 10.0 Å². The highest BCUT2D eigenvalue weighted by Crippen LogP contribution is 2.47. The molecule has 1 saturated heterocycles. The van der Waals surface area contributed by atoms with Crippen LogP contribution >= 0.6 is 34.2 Å². The minimum Gasteiger partial charge on any atom is -0.491 e. The molecule has 2 unspecified atom stereocenters. The number of sulfonamides is 1. The Morgan fingerprint density at radius 1 is 1.22 bits per heavy atom. The van der Waals surface area contributed by atoms with E-state index in [4.69, 9.17) is 16.3 Å². The fourth-order valence-electron chi connectivity index (χ4n) is 4.70. The van der Waals surface area contributed by atoms with Crippen LogP contribution in [0.2, 0.25) is 5.02 Å². The molecule has 0 aliphatic carbocycles. The molecule has 2 aromatic carbocycles. The van der Waals surface area contributed by atoms with Gasteiger partial charge in [0.15, 0.2) is 0 Å². The summed E-state index contributed by atoms with van der Waals surface area (Å²) in [5, 5.41) is 0.641. The minimum absolute atomic E-state index is 0.0291. The second-order valence-corrected chi connectivity index (χ2v) is 12.1. The van der Waals surface area contributed by atoms with Crippen molar-refractivity contribution >= 4 is 56.2 Å².